The van der Waals surface area contributed by atoms with Crippen LogP contribution in [0.4, 0.5) is 0 Å². The van der Waals surface area contributed by atoms with Gasteiger partial charge in [0.1, 0.15) is 0 Å². The minimum atomic E-state index is 1.25. The molecular weight excluding hydrogens is 152 g/mol. The predicted molar refractivity (Wildman–Crippen MR) is 56.4 cm³/mol. The van der Waals surface area contributed by atoms with E-state index in [0.29, 0.717) is 0 Å². The highest BCUT2D eigenvalue weighted by molar-refractivity contribution is 7.07. The first kappa shape index (κ1) is 13.3. The summed E-state index contributed by atoms with van der Waals surface area (Å²) in [5.74, 6) is 0. The topological polar surface area (TPSA) is 0 Å². The molecule has 0 aliphatic carbocycles. The molecule has 11 heavy (non-hydrogen) atoms. The van der Waals surface area contributed by atoms with E-state index in [1.807, 2.05) is 13.8 Å². The Morgan fingerprint density at radius 2 is 1.73 bits per heavy atom. The lowest BCUT2D eigenvalue weighted by molar-refractivity contribution is 1.09. The van der Waals surface area contributed by atoms with Gasteiger partial charge in [-0.1, -0.05) is 34.1 Å². The summed E-state index contributed by atoms with van der Waals surface area (Å²) >= 11 is 1.74. The zero-order valence-electron chi connectivity index (χ0n) is 8.35. The van der Waals surface area contributed by atoms with Gasteiger partial charge in [0.05, 0.1) is 0 Å². The molecule has 0 N–H and O–H groups in total. The predicted octanol–water partition coefficient (Wildman–Crippen LogP) is 4.50. The molecule has 66 valence electrons. The molecule has 0 fully saturated rings. The molecule has 0 bridgehead atoms. The fourth-order valence-corrected chi connectivity index (χ4v) is 0.998. The summed E-state index contributed by atoms with van der Waals surface area (Å²) in [4.78, 5) is 0. The van der Waals surface area contributed by atoms with Crippen LogP contribution >= 0.6 is 11.3 Å². The van der Waals surface area contributed by atoms with Crippen LogP contribution in [0, 0.1) is 6.92 Å². The fraction of sp³-hybridized carbons (Fsp3) is 0.600. The van der Waals surface area contributed by atoms with Gasteiger partial charge in [0.25, 0.3) is 0 Å². The molecule has 0 saturated heterocycles. The first-order valence-electron chi connectivity index (χ1n) is 4.30. The maximum atomic E-state index is 2.12. The summed E-state index contributed by atoms with van der Waals surface area (Å²) in [5, 5.41) is 4.20. The molecule has 1 heterocycles. The van der Waals surface area contributed by atoms with Gasteiger partial charge in [-0.2, -0.15) is 11.3 Å². The van der Waals surface area contributed by atoms with Crippen LogP contribution in [0.3, 0.4) is 0 Å². The Bertz CT molecular complexity index is 119. The number of hydrogen-bond donors (Lipinski definition) is 0. The van der Waals surface area contributed by atoms with Crippen molar-refractivity contribution in [2.45, 2.75) is 41.0 Å². The zero-order valence-corrected chi connectivity index (χ0v) is 9.16. The van der Waals surface area contributed by atoms with Crippen molar-refractivity contribution >= 4 is 11.3 Å². The Morgan fingerprint density at radius 1 is 1.27 bits per heavy atom. The van der Waals surface area contributed by atoms with Crippen LogP contribution in [-0.2, 0) is 0 Å². The third-order valence-corrected chi connectivity index (χ3v) is 1.46. The minimum Gasteiger partial charge on any atom is -0.152 e. The van der Waals surface area contributed by atoms with Gasteiger partial charge >= 0.3 is 0 Å². The third kappa shape index (κ3) is 12.8. The lowest BCUT2D eigenvalue weighted by Gasteiger charge is -1.65. The van der Waals surface area contributed by atoms with Gasteiger partial charge in [-0.25, -0.2) is 0 Å². The van der Waals surface area contributed by atoms with Crippen molar-refractivity contribution in [1.82, 2.24) is 0 Å². The smallest absolute Gasteiger partial charge is 0.00641 e. The Labute approximate surface area is 75.3 Å². The lowest BCUT2D eigenvalue weighted by atomic mass is 10.4. The number of rotatable bonds is 0. The van der Waals surface area contributed by atoms with Crippen molar-refractivity contribution in [3.05, 3.63) is 22.4 Å². The summed E-state index contributed by atoms with van der Waals surface area (Å²) in [6.07, 6.45) is 1.25. The number of aryl methyl sites for hydroxylation is 1. The molecule has 0 aliphatic rings. The van der Waals surface area contributed by atoms with Crippen LogP contribution in [0.2, 0.25) is 0 Å². The molecule has 1 rings (SSSR count). The Balaban J connectivity index is 0. The standard InChI is InChI=1S/C5H6S.C3H8.C2H6/c1-5-2-3-6-4-5;1-3-2;1-2/h2-4H,1H3;3H2,1-2H3;1-2H3. The van der Waals surface area contributed by atoms with Gasteiger partial charge in [0.15, 0.2) is 0 Å². The van der Waals surface area contributed by atoms with Crippen molar-refractivity contribution in [1.29, 1.82) is 0 Å². The Morgan fingerprint density at radius 3 is 1.82 bits per heavy atom. The molecule has 1 aromatic rings. The Kier molecular flexibility index (Phi) is 15.0. The molecule has 1 aromatic heterocycles. The van der Waals surface area contributed by atoms with E-state index in [-0.39, 0.29) is 0 Å². The number of hydrogen-bond acceptors (Lipinski definition) is 1. The van der Waals surface area contributed by atoms with Crippen LogP contribution in [0.25, 0.3) is 0 Å². The third-order valence-electron chi connectivity index (χ3n) is 0.663. The van der Waals surface area contributed by atoms with Crippen molar-refractivity contribution in [3.8, 4) is 0 Å². The largest absolute Gasteiger partial charge is 0.152 e. The van der Waals surface area contributed by atoms with Crippen LogP contribution in [0.15, 0.2) is 16.8 Å². The van der Waals surface area contributed by atoms with E-state index in [9.17, 15) is 0 Å². The lowest BCUT2D eigenvalue weighted by Crippen LogP contribution is -1.47. The number of thiophene rings is 1. The molecular formula is C10H20S. The first-order valence-corrected chi connectivity index (χ1v) is 5.24. The van der Waals surface area contributed by atoms with Gasteiger partial charge in [-0.05, 0) is 29.3 Å². The first-order chi connectivity index (χ1) is 5.31. The second-order valence-corrected chi connectivity index (χ2v) is 2.79. The summed E-state index contributed by atoms with van der Waals surface area (Å²) < 4.78 is 0. The molecule has 0 amide bonds. The van der Waals surface area contributed by atoms with Crippen molar-refractivity contribution < 1.29 is 0 Å². The van der Waals surface area contributed by atoms with Crippen molar-refractivity contribution in [2.75, 3.05) is 0 Å². The van der Waals surface area contributed by atoms with E-state index in [0.717, 1.165) is 0 Å². The Hall–Kier alpha value is -0.300. The maximum Gasteiger partial charge on any atom is -0.00641 e. The van der Waals surface area contributed by atoms with Gasteiger partial charge in [-0.15, -0.1) is 0 Å². The van der Waals surface area contributed by atoms with Crippen LogP contribution in [0.1, 0.15) is 39.7 Å². The van der Waals surface area contributed by atoms with Crippen LogP contribution < -0.4 is 0 Å². The van der Waals surface area contributed by atoms with E-state index in [2.05, 4.69) is 37.6 Å². The van der Waals surface area contributed by atoms with E-state index in [4.69, 9.17) is 0 Å². The highest BCUT2D eigenvalue weighted by Crippen LogP contribution is 2.01. The van der Waals surface area contributed by atoms with E-state index in [1.165, 1.54) is 12.0 Å². The SMILES string of the molecule is CC.CCC.Cc1ccsc1. The van der Waals surface area contributed by atoms with Crippen LogP contribution in [-0.4, -0.2) is 0 Å². The fourth-order valence-electron chi connectivity index (χ4n) is 0.333. The molecule has 0 unspecified atom stereocenters. The van der Waals surface area contributed by atoms with Crippen molar-refractivity contribution in [3.63, 3.8) is 0 Å². The molecule has 0 saturated carbocycles. The van der Waals surface area contributed by atoms with E-state index >= 15 is 0 Å². The molecule has 0 aromatic carbocycles. The second kappa shape index (κ2) is 12.4. The molecule has 0 spiro atoms. The van der Waals surface area contributed by atoms with Gasteiger partial charge in [-0.3, -0.25) is 0 Å². The molecule has 1 heteroatoms. The average molecular weight is 172 g/mol. The quantitative estimate of drug-likeness (QED) is 0.540. The zero-order chi connectivity index (χ0) is 9.11. The second-order valence-electron chi connectivity index (χ2n) is 2.01. The highest BCUT2D eigenvalue weighted by atomic mass is 32.1. The van der Waals surface area contributed by atoms with E-state index in [1.54, 1.807) is 11.3 Å². The monoisotopic (exact) mass is 172 g/mol. The van der Waals surface area contributed by atoms with Gasteiger partial charge in [0.2, 0.25) is 0 Å². The molecule has 0 radical (unpaired) electrons. The minimum absolute atomic E-state index is 1.25. The summed E-state index contributed by atoms with van der Waals surface area (Å²) in [6.45, 7) is 10.3. The molecule has 0 aliphatic heterocycles. The average Bonchev–Trinajstić information content (AvgIpc) is 2.46. The van der Waals surface area contributed by atoms with Crippen LogP contribution in [0.5, 0.6) is 0 Å². The van der Waals surface area contributed by atoms with Gasteiger partial charge in [0, 0.05) is 0 Å². The van der Waals surface area contributed by atoms with Crippen molar-refractivity contribution in [2.24, 2.45) is 0 Å². The maximum absolute atomic E-state index is 2.12. The highest BCUT2D eigenvalue weighted by Gasteiger charge is 1.74. The summed E-state index contributed by atoms with van der Waals surface area (Å²) in [5.41, 5.74) is 1.36. The summed E-state index contributed by atoms with van der Waals surface area (Å²) in [6, 6.07) is 2.10. The van der Waals surface area contributed by atoms with E-state index < -0.39 is 0 Å². The molecule has 0 atom stereocenters. The van der Waals surface area contributed by atoms with Gasteiger partial charge < -0.3 is 0 Å². The molecule has 0 nitrogen and oxygen atoms in total. The normalized spacial score (nSPS) is 7.00. The summed E-state index contributed by atoms with van der Waals surface area (Å²) in [7, 11) is 0.